The number of rotatable bonds is 6. The Morgan fingerprint density at radius 2 is 1.90 bits per heavy atom. The van der Waals surface area contributed by atoms with E-state index in [1.807, 2.05) is 4.72 Å². The number of sulfonamides is 1. The monoisotopic (exact) mass is 359 g/mol. The van der Waals surface area contributed by atoms with Gasteiger partial charge in [-0.15, -0.1) is 0 Å². The number of aromatic carboxylic acids is 1. The van der Waals surface area contributed by atoms with Gasteiger partial charge in [-0.25, -0.2) is 30.7 Å². The first-order valence-electron chi connectivity index (χ1n) is 5.34. The van der Waals surface area contributed by atoms with Crippen molar-refractivity contribution in [2.45, 2.75) is 4.90 Å². The summed E-state index contributed by atoms with van der Waals surface area (Å²) in [6.45, 7) is -0.423. The summed E-state index contributed by atoms with van der Waals surface area (Å²) in [5.74, 6) is -3.25. The third-order valence-corrected chi connectivity index (χ3v) is 5.08. The van der Waals surface area contributed by atoms with Crippen LogP contribution in [0.2, 0.25) is 5.02 Å². The van der Waals surface area contributed by atoms with Crippen LogP contribution >= 0.6 is 11.6 Å². The van der Waals surface area contributed by atoms with Gasteiger partial charge in [-0.2, -0.15) is 0 Å². The summed E-state index contributed by atoms with van der Waals surface area (Å²) in [7, 11) is -7.64. The fourth-order valence-corrected chi connectivity index (χ4v) is 3.18. The molecule has 0 saturated heterocycles. The highest BCUT2D eigenvalue weighted by atomic mass is 35.5. The maximum atomic E-state index is 13.5. The second-order valence-corrected chi connectivity index (χ2v) is 8.50. The lowest BCUT2D eigenvalue weighted by Gasteiger charge is -2.08. The standard InChI is InChI=1S/C10H11ClFNO6S2/c1-20(16,17)3-2-13-21(18,19)6-4-7(10(14)15)9(11)8(12)5-6/h4-5,13H,2-3H2,1H3,(H,14,15). The molecule has 118 valence electrons. The van der Waals surface area contributed by atoms with Crippen LogP contribution in [0.4, 0.5) is 4.39 Å². The fraction of sp³-hybridized carbons (Fsp3) is 0.300. The lowest BCUT2D eigenvalue weighted by molar-refractivity contribution is 0.0696. The number of carboxylic acids is 1. The van der Waals surface area contributed by atoms with Crippen molar-refractivity contribution in [1.29, 1.82) is 0 Å². The van der Waals surface area contributed by atoms with Gasteiger partial charge < -0.3 is 5.11 Å². The van der Waals surface area contributed by atoms with Gasteiger partial charge in [-0.05, 0) is 12.1 Å². The Morgan fingerprint density at radius 1 is 1.33 bits per heavy atom. The van der Waals surface area contributed by atoms with Gasteiger partial charge in [0.1, 0.15) is 15.7 Å². The van der Waals surface area contributed by atoms with Crippen LogP contribution in [0, 0.1) is 5.82 Å². The molecule has 7 nitrogen and oxygen atoms in total. The number of carboxylic acid groups (broad SMARTS) is 1. The molecule has 0 atom stereocenters. The number of hydrogen-bond donors (Lipinski definition) is 2. The molecule has 0 amide bonds. The van der Waals surface area contributed by atoms with E-state index >= 15 is 0 Å². The Morgan fingerprint density at radius 3 is 2.38 bits per heavy atom. The molecule has 11 heteroatoms. The Balaban J connectivity index is 3.12. The van der Waals surface area contributed by atoms with Gasteiger partial charge in [-0.3, -0.25) is 0 Å². The molecule has 0 spiro atoms. The average molecular weight is 360 g/mol. The highest BCUT2D eigenvalue weighted by molar-refractivity contribution is 7.91. The molecule has 0 saturated carbocycles. The van der Waals surface area contributed by atoms with Gasteiger partial charge >= 0.3 is 5.97 Å². The molecule has 1 rings (SSSR count). The van der Waals surface area contributed by atoms with E-state index in [0.29, 0.717) is 12.1 Å². The van der Waals surface area contributed by atoms with Gasteiger partial charge in [0.15, 0.2) is 0 Å². The highest BCUT2D eigenvalue weighted by Gasteiger charge is 2.22. The van der Waals surface area contributed by atoms with Crippen molar-refractivity contribution >= 4 is 37.4 Å². The van der Waals surface area contributed by atoms with Gasteiger partial charge in [0.2, 0.25) is 10.0 Å². The predicted octanol–water partition coefficient (Wildman–Crippen LogP) is 0.500. The lowest BCUT2D eigenvalue weighted by atomic mass is 10.2. The van der Waals surface area contributed by atoms with Crippen molar-refractivity contribution in [3.63, 3.8) is 0 Å². The summed E-state index contributed by atoms with van der Waals surface area (Å²) in [4.78, 5) is 10.2. The maximum absolute atomic E-state index is 13.5. The van der Waals surface area contributed by atoms with Crippen LogP contribution in [-0.4, -0.2) is 46.5 Å². The topological polar surface area (TPSA) is 118 Å². The minimum absolute atomic E-state index is 0.423. The van der Waals surface area contributed by atoms with Crippen LogP contribution in [-0.2, 0) is 19.9 Å². The molecule has 21 heavy (non-hydrogen) atoms. The largest absolute Gasteiger partial charge is 0.478 e. The summed E-state index contributed by atoms with van der Waals surface area (Å²) in [6.07, 6.45) is 0.922. The van der Waals surface area contributed by atoms with E-state index in [1.54, 1.807) is 0 Å². The van der Waals surface area contributed by atoms with Crippen molar-refractivity contribution < 1.29 is 31.1 Å². The molecule has 0 aliphatic heterocycles. The maximum Gasteiger partial charge on any atom is 0.337 e. The molecule has 0 bridgehead atoms. The quantitative estimate of drug-likeness (QED) is 0.763. The number of nitrogens with one attached hydrogen (secondary N) is 1. The normalized spacial score (nSPS) is 12.3. The van der Waals surface area contributed by atoms with Crippen LogP contribution in [0.25, 0.3) is 0 Å². The minimum Gasteiger partial charge on any atom is -0.478 e. The SMILES string of the molecule is CS(=O)(=O)CCNS(=O)(=O)c1cc(F)c(Cl)c(C(=O)O)c1. The first-order chi connectivity index (χ1) is 9.44. The molecule has 1 aromatic rings. The van der Waals surface area contributed by atoms with Crippen molar-refractivity contribution in [3.05, 3.63) is 28.5 Å². The Bertz CT molecular complexity index is 775. The third kappa shape index (κ3) is 4.92. The first-order valence-corrected chi connectivity index (χ1v) is 9.26. The molecule has 0 fully saturated rings. The fourth-order valence-electron chi connectivity index (χ4n) is 1.32. The zero-order chi connectivity index (χ0) is 16.4. The highest BCUT2D eigenvalue weighted by Crippen LogP contribution is 2.24. The van der Waals surface area contributed by atoms with E-state index in [-0.39, 0.29) is 0 Å². The van der Waals surface area contributed by atoms with Crippen LogP contribution in [0.1, 0.15) is 10.4 Å². The lowest BCUT2D eigenvalue weighted by Crippen LogP contribution is -2.29. The molecule has 0 aliphatic carbocycles. The number of sulfone groups is 1. The summed E-state index contributed by atoms with van der Waals surface area (Å²) < 4.78 is 60.9. The van der Waals surface area contributed by atoms with E-state index in [1.165, 1.54) is 0 Å². The summed E-state index contributed by atoms with van der Waals surface area (Å²) in [5.41, 5.74) is -0.708. The Labute approximate surface area is 125 Å². The molecule has 2 N–H and O–H groups in total. The molecule has 0 aromatic heterocycles. The van der Waals surface area contributed by atoms with Gasteiger partial charge in [0.25, 0.3) is 0 Å². The van der Waals surface area contributed by atoms with Crippen molar-refractivity contribution in [2.24, 2.45) is 0 Å². The molecule has 1 aromatic carbocycles. The van der Waals surface area contributed by atoms with E-state index in [0.717, 1.165) is 6.26 Å². The third-order valence-electron chi connectivity index (χ3n) is 2.31. The van der Waals surface area contributed by atoms with E-state index in [4.69, 9.17) is 16.7 Å². The molecule has 0 radical (unpaired) electrons. The van der Waals surface area contributed by atoms with Crippen molar-refractivity contribution in [1.82, 2.24) is 4.72 Å². The predicted molar refractivity (Wildman–Crippen MR) is 73.3 cm³/mol. The van der Waals surface area contributed by atoms with Crippen LogP contribution in [0.15, 0.2) is 17.0 Å². The molecule has 0 unspecified atom stereocenters. The van der Waals surface area contributed by atoms with Crippen LogP contribution < -0.4 is 4.72 Å². The van der Waals surface area contributed by atoms with Gasteiger partial charge in [0, 0.05) is 12.8 Å². The second-order valence-electron chi connectivity index (χ2n) is 4.10. The van der Waals surface area contributed by atoms with E-state index in [9.17, 15) is 26.0 Å². The molecular formula is C10H11ClFNO6S2. The first kappa shape index (κ1) is 17.8. The smallest absolute Gasteiger partial charge is 0.337 e. The van der Waals surface area contributed by atoms with Gasteiger partial charge in [0.05, 0.1) is 21.2 Å². The summed E-state index contributed by atoms with van der Waals surface area (Å²) in [6, 6.07) is 1.24. The van der Waals surface area contributed by atoms with Crippen molar-refractivity contribution in [3.8, 4) is 0 Å². The number of hydrogen-bond acceptors (Lipinski definition) is 5. The average Bonchev–Trinajstić information content (AvgIpc) is 2.29. The zero-order valence-corrected chi connectivity index (χ0v) is 13.0. The number of halogens is 2. The number of benzene rings is 1. The van der Waals surface area contributed by atoms with Gasteiger partial charge in [-0.1, -0.05) is 11.6 Å². The summed E-state index contributed by atoms with van der Waals surface area (Å²) in [5, 5.41) is 8.11. The second kappa shape index (κ2) is 6.26. The molecular weight excluding hydrogens is 349 g/mol. The van der Waals surface area contributed by atoms with E-state index in [2.05, 4.69) is 0 Å². The summed E-state index contributed by atoms with van der Waals surface area (Å²) >= 11 is 5.42. The van der Waals surface area contributed by atoms with E-state index < -0.39 is 59.4 Å². The zero-order valence-electron chi connectivity index (χ0n) is 10.6. The number of carbonyl (C=O) groups is 1. The minimum atomic E-state index is -4.25. The van der Waals surface area contributed by atoms with Crippen LogP contribution in [0.3, 0.4) is 0 Å². The Hall–Kier alpha value is -1.23. The van der Waals surface area contributed by atoms with Crippen molar-refractivity contribution in [2.75, 3.05) is 18.6 Å². The van der Waals surface area contributed by atoms with Crippen LogP contribution in [0.5, 0.6) is 0 Å². The molecule has 0 aliphatic rings. The Kier molecular flexibility index (Phi) is 5.31. The molecule has 0 heterocycles.